The van der Waals surface area contributed by atoms with Crippen LogP contribution in [0.4, 0.5) is 5.69 Å². The summed E-state index contributed by atoms with van der Waals surface area (Å²) in [5.41, 5.74) is 3.40. The van der Waals surface area contributed by atoms with E-state index in [0.717, 1.165) is 12.8 Å². The number of allylic oxidation sites excluding steroid dienone is 4. The zero-order chi connectivity index (χ0) is 17.3. The predicted molar refractivity (Wildman–Crippen MR) is 97.5 cm³/mol. The molecule has 3 aliphatic carbocycles. The fraction of sp³-hybridized carbons (Fsp3) is 0.400. The Labute approximate surface area is 156 Å². The lowest BCUT2D eigenvalue weighted by Gasteiger charge is -2.20. The Bertz CT molecular complexity index is 830. The van der Waals surface area contributed by atoms with E-state index < -0.39 is 0 Å². The molecule has 0 radical (unpaired) electrons. The van der Waals surface area contributed by atoms with Gasteiger partial charge in [-0.1, -0.05) is 46.5 Å². The molecule has 3 nitrogen and oxygen atoms in total. The lowest BCUT2D eigenvalue weighted by atomic mass is 9.85. The van der Waals surface area contributed by atoms with Gasteiger partial charge < -0.3 is 0 Å². The number of carbonyl (C=O) groups excluding carboxylic acids is 2. The van der Waals surface area contributed by atoms with E-state index in [0.29, 0.717) is 15.7 Å². The summed E-state index contributed by atoms with van der Waals surface area (Å²) in [5.74, 6) is -0.484. The number of fused-ring (bicyclic) bond motifs is 5. The molecule has 0 aromatic heterocycles. The summed E-state index contributed by atoms with van der Waals surface area (Å²) in [5, 5.41) is 0.770. The van der Waals surface area contributed by atoms with Crippen molar-refractivity contribution in [3.8, 4) is 0 Å². The number of halogens is 2. The van der Waals surface area contributed by atoms with Crippen molar-refractivity contribution in [2.75, 3.05) is 4.90 Å². The molecule has 1 heterocycles. The molecular weight excluding hydrogens is 357 g/mol. The first kappa shape index (κ1) is 15.7. The van der Waals surface area contributed by atoms with Crippen LogP contribution in [-0.4, -0.2) is 11.8 Å². The molecule has 5 rings (SSSR count). The second kappa shape index (κ2) is 5.46. The van der Waals surface area contributed by atoms with E-state index in [2.05, 4.69) is 12.2 Å². The number of anilines is 1. The van der Waals surface area contributed by atoms with Crippen molar-refractivity contribution >= 4 is 40.7 Å². The zero-order valence-electron chi connectivity index (χ0n) is 13.5. The summed E-state index contributed by atoms with van der Waals surface area (Å²) in [6, 6.07) is 4.93. The Hall–Kier alpha value is -1.58. The summed E-state index contributed by atoms with van der Waals surface area (Å²) in [6.45, 7) is 0. The van der Waals surface area contributed by atoms with E-state index in [1.165, 1.54) is 28.9 Å². The summed E-state index contributed by atoms with van der Waals surface area (Å²) in [6.07, 6.45) is 9.01. The van der Waals surface area contributed by atoms with Crippen molar-refractivity contribution in [3.63, 3.8) is 0 Å². The van der Waals surface area contributed by atoms with E-state index >= 15 is 0 Å². The molecule has 1 aliphatic heterocycles. The molecule has 128 valence electrons. The summed E-state index contributed by atoms with van der Waals surface area (Å²) in [4.78, 5) is 27.6. The zero-order valence-corrected chi connectivity index (χ0v) is 15.1. The third-order valence-corrected chi connectivity index (χ3v) is 6.93. The van der Waals surface area contributed by atoms with Crippen LogP contribution in [0.3, 0.4) is 0 Å². The maximum atomic E-state index is 13.1. The molecule has 5 heteroatoms. The first-order valence-electron chi connectivity index (χ1n) is 8.81. The van der Waals surface area contributed by atoms with E-state index in [-0.39, 0.29) is 35.5 Å². The van der Waals surface area contributed by atoms with Gasteiger partial charge in [0, 0.05) is 11.8 Å². The van der Waals surface area contributed by atoms with Gasteiger partial charge in [-0.3, -0.25) is 9.59 Å². The lowest BCUT2D eigenvalue weighted by Crippen LogP contribution is -2.33. The van der Waals surface area contributed by atoms with Crippen molar-refractivity contribution in [2.24, 2.45) is 23.7 Å². The smallest absolute Gasteiger partial charge is 0.238 e. The standard InChI is InChI=1S/C20H17Cl2NO2/c21-14-8-5-11(9-15(14)22)23-19(24)17-12-6-7-13(18(17)20(23)25)16(12)10-3-1-2-4-10/h5-9,12-13,17-18H,1-4H2/t12-,13-,17+,18+/m1/s1. The Morgan fingerprint density at radius 3 is 2.04 bits per heavy atom. The van der Waals surface area contributed by atoms with Crippen molar-refractivity contribution in [1.82, 2.24) is 0 Å². The van der Waals surface area contributed by atoms with Crippen molar-refractivity contribution in [3.05, 3.63) is 51.5 Å². The summed E-state index contributed by atoms with van der Waals surface area (Å²) in [7, 11) is 0. The normalized spacial score (nSPS) is 33.1. The monoisotopic (exact) mass is 373 g/mol. The number of amides is 2. The first-order chi connectivity index (χ1) is 12.1. The molecule has 4 atom stereocenters. The van der Waals surface area contributed by atoms with Gasteiger partial charge in [-0.25, -0.2) is 4.90 Å². The highest BCUT2D eigenvalue weighted by atomic mass is 35.5. The van der Waals surface area contributed by atoms with E-state index in [1.807, 2.05) is 0 Å². The lowest BCUT2D eigenvalue weighted by molar-refractivity contribution is -0.122. The maximum absolute atomic E-state index is 13.1. The predicted octanol–water partition coefficient (Wildman–Crippen LogP) is 4.79. The number of carbonyl (C=O) groups is 2. The number of rotatable bonds is 1. The Morgan fingerprint density at radius 2 is 1.48 bits per heavy atom. The van der Waals surface area contributed by atoms with Crippen LogP contribution in [0, 0.1) is 23.7 Å². The molecule has 25 heavy (non-hydrogen) atoms. The molecule has 2 amide bonds. The minimum atomic E-state index is -0.250. The van der Waals surface area contributed by atoms with Crippen molar-refractivity contribution in [1.29, 1.82) is 0 Å². The molecule has 0 spiro atoms. The van der Waals surface area contributed by atoms with Crippen LogP contribution in [0.25, 0.3) is 0 Å². The van der Waals surface area contributed by atoms with E-state index in [9.17, 15) is 9.59 Å². The average molecular weight is 374 g/mol. The molecule has 4 aliphatic rings. The Morgan fingerprint density at radius 1 is 0.880 bits per heavy atom. The van der Waals surface area contributed by atoms with Crippen LogP contribution < -0.4 is 4.90 Å². The summed E-state index contributed by atoms with van der Waals surface area (Å²) < 4.78 is 0. The second-order valence-corrected chi connectivity index (χ2v) is 8.18. The molecule has 0 unspecified atom stereocenters. The van der Waals surface area contributed by atoms with Gasteiger partial charge in [-0.2, -0.15) is 0 Å². The van der Waals surface area contributed by atoms with Gasteiger partial charge in [0.1, 0.15) is 0 Å². The fourth-order valence-corrected chi connectivity index (χ4v) is 5.50. The van der Waals surface area contributed by atoms with Crippen LogP contribution >= 0.6 is 23.2 Å². The summed E-state index contributed by atoms with van der Waals surface area (Å²) >= 11 is 12.1. The van der Waals surface area contributed by atoms with Gasteiger partial charge in [-0.05, 0) is 43.9 Å². The topological polar surface area (TPSA) is 37.4 Å². The Balaban J connectivity index is 1.55. The largest absolute Gasteiger partial charge is 0.274 e. The molecule has 1 saturated heterocycles. The highest BCUT2D eigenvalue weighted by Crippen LogP contribution is 2.58. The fourth-order valence-electron chi connectivity index (χ4n) is 5.20. The number of hydrogen-bond donors (Lipinski definition) is 0. The molecule has 1 aromatic rings. The number of hydrogen-bond acceptors (Lipinski definition) is 2. The van der Waals surface area contributed by atoms with Crippen molar-refractivity contribution < 1.29 is 9.59 Å². The maximum Gasteiger partial charge on any atom is 0.238 e. The van der Waals surface area contributed by atoms with Crippen LogP contribution in [-0.2, 0) is 9.59 Å². The van der Waals surface area contributed by atoms with E-state index in [1.54, 1.807) is 18.2 Å². The van der Waals surface area contributed by atoms with Gasteiger partial charge in [0.25, 0.3) is 0 Å². The quantitative estimate of drug-likeness (QED) is 0.524. The first-order valence-corrected chi connectivity index (χ1v) is 9.56. The SMILES string of the molecule is O=C1[C@@H]2[C@@H](C(=O)N1c1ccc(Cl)c(Cl)c1)[C@@H]1C=C[C@@H]2C1=C1CCCC1. The number of imide groups is 1. The minimum Gasteiger partial charge on any atom is -0.274 e. The third kappa shape index (κ3) is 2.06. The van der Waals surface area contributed by atoms with Crippen LogP contribution in [0.2, 0.25) is 10.0 Å². The second-order valence-electron chi connectivity index (χ2n) is 7.36. The Kier molecular flexibility index (Phi) is 3.42. The molecule has 3 fully saturated rings. The van der Waals surface area contributed by atoms with Crippen LogP contribution in [0.1, 0.15) is 25.7 Å². The molecule has 0 N–H and O–H groups in total. The van der Waals surface area contributed by atoms with Gasteiger partial charge in [-0.15, -0.1) is 0 Å². The van der Waals surface area contributed by atoms with Crippen LogP contribution in [0.15, 0.2) is 41.5 Å². The van der Waals surface area contributed by atoms with Gasteiger partial charge in [0.05, 0.1) is 27.6 Å². The third-order valence-electron chi connectivity index (χ3n) is 6.19. The molecule has 2 saturated carbocycles. The van der Waals surface area contributed by atoms with E-state index in [4.69, 9.17) is 23.2 Å². The number of nitrogens with zero attached hydrogens (tertiary/aromatic N) is 1. The minimum absolute atomic E-state index is 0.0960. The molecule has 1 aromatic carbocycles. The van der Waals surface area contributed by atoms with Crippen molar-refractivity contribution in [2.45, 2.75) is 25.7 Å². The van der Waals surface area contributed by atoms with Crippen LogP contribution in [0.5, 0.6) is 0 Å². The molecular formula is C20H17Cl2NO2. The molecule has 2 bridgehead atoms. The highest BCUT2D eigenvalue weighted by Gasteiger charge is 2.62. The number of benzene rings is 1. The van der Waals surface area contributed by atoms with Gasteiger partial charge >= 0.3 is 0 Å². The highest BCUT2D eigenvalue weighted by molar-refractivity contribution is 6.42. The van der Waals surface area contributed by atoms with Gasteiger partial charge in [0.15, 0.2) is 0 Å². The average Bonchev–Trinajstić information content (AvgIpc) is 3.33. The van der Waals surface area contributed by atoms with Gasteiger partial charge in [0.2, 0.25) is 11.8 Å².